The van der Waals surface area contributed by atoms with Crippen LogP contribution < -0.4 is 10.9 Å². The first kappa shape index (κ1) is 17.9. The number of nitrogens with one attached hydrogen (secondary N) is 2. The van der Waals surface area contributed by atoms with Crippen LogP contribution in [0.15, 0.2) is 52.1 Å². The summed E-state index contributed by atoms with van der Waals surface area (Å²) < 4.78 is 0. The van der Waals surface area contributed by atoms with Crippen LogP contribution in [-0.2, 0) is 4.79 Å². The third-order valence-corrected chi connectivity index (χ3v) is 6.11. The summed E-state index contributed by atoms with van der Waals surface area (Å²) in [6, 6.07) is 11.1. The Labute approximate surface area is 161 Å². The lowest BCUT2D eigenvalue weighted by Crippen LogP contribution is -2.42. The van der Waals surface area contributed by atoms with Gasteiger partial charge in [-0.1, -0.05) is 17.7 Å². The second-order valence-electron chi connectivity index (χ2n) is 4.76. The van der Waals surface area contributed by atoms with Gasteiger partial charge in [0.15, 0.2) is 0 Å². The summed E-state index contributed by atoms with van der Waals surface area (Å²) in [6.45, 7) is 0. The standard InChI is InChI=1S/C16H12ClN3O2S3/c17-10-3-5-11(6-4-10)24-9-14(21)19-20-15(22)12-8-25-16(18-12)13-2-1-7-23-13/h1-8H,9H2,(H,19,21)(H,20,22). The summed E-state index contributed by atoms with van der Waals surface area (Å²) in [5.74, 6) is -0.565. The summed E-state index contributed by atoms with van der Waals surface area (Å²) >= 11 is 10.1. The number of hydrogen-bond donors (Lipinski definition) is 2. The maximum atomic E-state index is 12.0. The van der Waals surface area contributed by atoms with Crippen LogP contribution >= 0.6 is 46.0 Å². The molecular formula is C16H12ClN3O2S3. The van der Waals surface area contributed by atoms with E-state index in [1.54, 1.807) is 28.8 Å². The fourth-order valence-electron chi connectivity index (χ4n) is 1.80. The molecule has 0 aliphatic rings. The van der Waals surface area contributed by atoms with E-state index in [-0.39, 0.29) is 17.4 Å². The van der Waals surface area contributed by atoms with Crippen LogP contribution in [0, 0.1) is 0 Å². The number of halogens is 1. The Bertz CT molecular complexity index is 863. The van der Waals surface area contributed by atoms with Gasteiger partial charge in [-0.15, -0.1) is 34.4 Å². The van der Waals surface area contributed by atoms with Crippen molar-refractivity contribution in [2.75, 3.05) is 5.75 Å². The SMILES string of the molecule is O=C(CSc1ccc(Cl)cc1)NNC(=O)c1csc(-c2cccs2)n1. The number of thiophene rings is 1. The van der Waals surface area contributed by atoms with Crippen LogP contribution in [-0.4, -0.2) is 22.6 Å². The van der Waals surface area contributed by atoms with Crippen molar-refractivity contribution >= 4 is 57.9 Å². The Morgan fingerprint density at radius 1 is 1.12 bits per heavy atom. The molecule has 2 N–H and O–H groups in total. The van der Waals surface area contributed by atoms with Gasteiger partial charge < -0.3 is 0 Å². The van der Waals surface area contributed by atoms with Gasteiger partial charge in [0.2, 0.25) is 5.91 Å². The first-order valence-corrected chi connectivity index (χ1v) is 10.2. The normalized spacial score (nSPS) is 10.4. The number of carbonyl (C=O) groups excluding carboxylic acids is 2. The van der Waals surface area contributed by atoms with Crippen molar-refractivity contribution in [1.29, 1.82) is 0 Å². The number of amides is 2. The molecule has 0 aliphatic carbocycles. The quantitative estimate of drug-likeness (QED) is 0.492. The van der Waals surface area contributed by atoms with E-state index in [1.807, 2.05) is 29.6 Å². The summed E-state index contributed by atoms with van der Waals surface area (Å²) in [6.07, 6.45) is 0. The molecule has 0 fully saturated rings. The third kappa shape index (κ3) is 5.05. The number of thioether (sulfide) groups is 1. The summed E-state index contributed by atoms with van der Waals surface area (Å²) in [5, 5.41) is 5.05. The Kier molecular flexibility index (Phi) is 6.09. The molecule has 0 saturated heterocycles. The Hall–Kier alpha value is -1.87. The van der Waals surface area contributed by atoms with E-state index in [4.69, 9.17) is 11.6 Å². The number of hydrogen-bond acceptors (Lipinski definition) is 6. The molecule has 0 aliphatic heterocycles. The van der Waals surface area contributed by atoms with Crippen LogP contribution in [0.3, 0.4) is 0 Å². The minimum atomic E-state index is -0.441. The van der Waals surface area contributed by atoms with Gasteiger partial charge in [0.25, 0.3) is 5.91 Å². The first-order valence-electron chi connectivity index (χ1n) is 7.09. The summed E-state index contributed by atoms with van der Waals surface area (Å²) in [5.41, 5.74) is 5.04. The molecule has 25 heavy (non-hydrogen) atoms. The van der Waals surface area contributed by atoms with E-state index in [0.717, 1.165) is 14.8 Å². The number of hydrazine groups is 1. The lowest BCUT2D eigenvalue weighted by molar-refractivity contribution is -0.119. The number of rotatable bonds is 5. The van der Waals surface area contributed by atoms with Gasteiger partial charge in [-0.25, -0.2) is 4.98 Å². The van der Waals surface area contributed by atoms with Crippen LogP contribution in [0.2, 0.25) is 5.02 Å². The van der Waals surface area contributed by atoms with Crippen LogP contribution in [0.1, 0.15) is 10.5 Å². The van der Waals surface area contributed by atoms with Gasteiger partial charge in [-0.05, 0) is 35.7 Å². The maximum absolute atomic E-state index is 12.0. The van der Waals surface area contributed by atoms with E-state index in [1.165, 1.54) is 23.1 Å². The molecular weight excluding hydrogens is 398 g/mol. The second kappa shape index (κ2) is 8.48. The molecule has 2 aromatic heterocycles. The minimum absolute atomic E-state index is 0.180. The van der Waals surface area contributed by atoms with Crippen molar-refractivity contribution in [2.24, 2.45) is 0 Å². The number of nitrogens with zero attached hydrogens (tertiary/aromatic N) is 1. The Morgan fingerprint density at radius 3 is 2.64 bits per heavy atom. The predicted molar refractivity (Wildman–Crippen MR) is 103 cm³/mol. The zero-order valence-electron chi connectivity index (χ0n) is 12.7. The van der Waals surface area contributed by atoms with E-state index in [0.29, 0.717) is 5.02 Å². The highest BCUT2D eigenvalue weighted by Gasteiger charge is 2.13. The average molecular weight is 410 g/mol. The molecule has 3 aromatic rings. The maximum Gasteiger partial charge on any atom is 0.289 e. The molecule has 0 saturated carbocycles. The topological polar surface area (TPSA) is 71.1 Å². The third-order valence-electron chi connectivity index (χ3n) is 2.97. The molecule has 9 heteroatoms. The van der Waals surface area contributed by atoms with Gasteiger partial charge in [0.05, 0.1) is 10.6 Å². The fourth-order valence-corrected chi connectivity index (χ4v) is 4.24. The Balaban J connectivity index is 1.47. The second-order valence-corrected chi connectivity index (χ2v) is 8.05. The van der Waals surface area contributed by atoms with Crippen molar-refractivity contribution in [3.05, 3.63) is 57.9 Å². The number of aromatic nitrogens is 1. The molecule has 5 nitrogen and oxygen atoms in total. The van der Waals surface area contributed by atoms with Gasteiger partial charge >= 0.3 is 0 Å². The van der Waals surface area contributed by atoms with E-state index < -0.39 is 5.91 Å². The average Bonchev–Trinajstić information content (AvgIpc) is 3.30. The highest BCUT2D eigenvalue weighted by molar-refractivity contribution is 8.00. The molecule has 0 bridgehead atoms. The van der Waals surface area contributed by atoms with E-state index in [9.17, 15) is 9.59 Å². The first-order chi connectivity index (χ1) is 12.1. The monoisotopic (exact) mass is 409 g/mol. The molecule has 128 valence electrons. The molecule has 2 amide bonds. The van der Waals surface area contributed by atoms with Gasteiger partial charge in [0, 0.05) is 15.3 Å². The Morgan fingerprint density at radius 2 is 1.92 bits per heavy atom. The van der Waals surface area contributed by atoms with Crippen molar-refractivity contribution in [3.8, 4) is 9.88 Å². The lowest BCUT2D eigenvalue weighted by atomic mass is 10.4. The largest absolute Gasteiger partial charge is 0.289 e. The zero-order chi connectivity index (χ0) is 17.6. The fraction of sp³-hybridized carbons (Fsp3) is 0.0625. The summed E-state index contributed by atoms with van der Waals surface area (Å²) in [7, 11) is 0. The molecule has 0 spiro atoms. The van der Waals surface area contributed by atoms with Gasteiger partial charge in [-0.2, -0.15) is 0 Å². The predicted octanol–water partition coefficient (Wildman–Crippen LogP) is 4.08. The van der Waals surface area contributed by atoms with Gasteiger partial charge in [-0.3, -0.25) is 20.4 Å². The molecule has 0 radical (unpaired) electrons. The summed E-state index contributed by atoms with van der Waals surface area (Å²) in [4.78, 5) is 30.1. The highest BCUT2D eigenvalue weighted by Crippen LogP contribution is 2.27. The smallest absolute Gasteiger partial charge is 0.272 e. The molecule has 0 atom stereocenters. The van der Waals surface area contributed by atoms with Crippen molar-refractivity contribution in [2.45, 2.75) is 4.90 Å². The molecule has 1 aromatic carbocycles. The number of carbonyl (C=O) groups is 2. The lowest BCUT2D eigenvalue weighted by Gasteiger charge is -2.06. The number of thiazole rings is 1. The zero-order valence-corrected chi connectivity index (χ0v) is 15.9. The van der Waals surface area contributed by atoms with Crippen molar-refractivity contribution < 1.29 is 9.59 Å². The van der Waals surface area contributed by atoms with E-state index >= 15 is 0 Å². The number of benzene rings is 1. The van der Waals surface area contributed by atoms with Crippen LogP contribution in [0.4, 0.5) is 0 Å². The van der Waals surface area contributed by atoms with Crippen molar-refractivity contribution in [3.63, 3.8) is 0 Å². The van der Waals surface area contributed by atoms with Gasteiger partial charge in [0.1, 0.15) is 10.7 Å². The van der Waals surface area contributed by atoms with E-state index in [2.05, 4.69) is 15.8 Å². The minimum Gasteiger partial charge on any atom is -0.272 e. The van der Waals surface area contributed by atoms with Crippen molar-refractivity contribution in [1.82, 2.24) is 15.8 Å². The van der Waals surface area contributed by atoms with Crippen LogP contribution in [0.5, 0.6) is 0 Å². The molecule has 0 unspecified atom stereocenters. The molecule has 2 heterocycles. The van der Waals surface area contributed by atoms with Crippen LogP contribution in [0.25, 0.3) is 9.88 Å². The highest BCUT2D eigenvalue weighted by atomic mass is 35.5. The molecule has 3 rings (SSSR count).